The molecule has 0 atom stereocenters. The summed E-state index contributed by atoms with van der Waals surface area (Å²) in [6, 6.07) is 14.6. The van der Waals surface area contributed by atoms with E-state index >= 15 is 0 Å². The highest BCUT2D eigenvalue weighted by Crippen LogP contribution is 2.32. The number of hydrogen-bond acceptors (Lipinski definition) is 3. The molecule has 0 aliphatic heterocycles. The first-order valence-corrected chi connectivity index (χ1v) is 12.1. The molecule has 2 saturated carbocycles. The minimum atomic E-state index is 0.0564. The molecule has 2 aliphatic rings. The van der Waals surface area contributed by atoms with Crippen LogP contribution < -0.4 is 0 Å². The maximum Gasteiger partial charge on any atom is 0.242 e. The molecule has 1 aromatic carbocycles. The van der Waals surface area contributed by atoms with E-state index in [0.717, 1.165) is 44.1 Å². The minimum Gasteiger partial charge on any atom is -0.332 e. The summed E-state index contributed by atoms with van der Waals surface area (Å²) in [5.74, 6) is 0.396. The standard InChI is InChI=1S/C25H32N2O2S/c1-19-12-15-23(30-19)17-26(16-20-8-4-2-5-9-20)24(28)18-27(22-13-14-22)25(29)21-10-6-3-7-11-21/h2,4-5,8-9,12,15,21-22H,3,6-7,10-11,13-14,16-18H2,1H3. The fourth-order valence-electron chi connectivity index (χ4n) is 4.40. The average molecular weight is 425 g/mol. The second kappa shape index (κ2) is 9.78. The largest absolute Gasteiger partial charge is 0.332 e. The van der Waals surface area contributed by atoms with Crippen molar-refractivity contribution in [1.82, 2.24) is 9.80 Å². The summed E-state index contributed by atoms with van der Waals surface area (Å²) in [5.41, 5.74) is 1.12. The third-order valence-corrected chi connectivity index (χ3v) is 7.23. The second-order valence-corrected chi connectivity index (χ2v) is 10.2. The number of nitrogens with zero attached hydrogens (tertiary/aromatic N) is 2. The molecule has 2 amide bonds. The lowest BCUT2D eigenvalue weighted by Crippen LogP contribution is -2.46. The van der Waals surface area contributed by atoms with Crippen molar-refractivity contribution in [3.8, 4) is 0 Å². The number of thiophene rings is 1. The number of hydrogen-bond donors (Lipinski definition) is 0. The summed E-state index contributed by atoms with van der Waals surface area (Å²) in [7, 11) is 0. The molecular formula is C25H32N2O2S. The number of benzene rings is 1. The second-order valence-electron chi connectivity index (χ2n) is 8.78. The molecule has 4 rings (SSSR count). The number of carbonyl (C=O) groups is 2. The third kappa shape index (κ3) is 5.51. The Morgan fingerprint density at radius 3 is 2.30 bits per heavy atom. The van der Waals surface area contributed by atoms with Gasteiger partial charge in [0.05, 0.1) is 6.54 Å². The van der Waals surface area contributed by atoms with Crippen LogP contribution in [0.25, 0.3) is 0 Å². The van der Waals surface area contributed by atoms with Crippen LogP contribution in [0, 0.1) is 12.8 Å². The zero-order chi connectivity index (χ0) is 20.9. The quantitative estimate of drug-likeness (QED) is 0.587. The molecule has 0 unspecified atom stereocenters. The van der Waals surface area contributed by atoms with E-state index in [9.17, 15) is 9.59 Å². The van der Waals surface area contributed by atoms with Gasteiger partial charge in [0.25, 0.3) is 0 Å². The van der Waals surface area contributed by atoms with Crippen LogP contribution in [-0.2, 0) is 22.7 Å². The molecule has 0 spiro atoms. The number of aryl methyl sites for hydroxylation is 1. The summed E-state index contributed by atoms with van der Waals surface area (Å²) in [5, 5.41) is 0. The molecular weight excluding hydrogens is 392 g/mol. The maximum absolute atomic E-state index is 13.4. The zero-order valence-corrected chi connectivity index (χ0v) is 18.7. The number of carbonyl (C=O) groups excluding carboxylic acids is 2. The minimum absolute atomic E-state index is 0.0564. The molecule has 4 nitrogen and oxygen atoms in total. The van der Waals surface area contributed by atoms with Gasteiger partial charge in [-0.25, -0.2) is 0 Å². The highest BCUT2D eigenvalue weighted by molar-refractivity contribution is 7.11. The van der Waals surface area contributed by atoms with Crippen LogP contribution in [0.4, 0.5) is 0 Å². The third-order valence-electron chi connectivity index (χ3n) is 6.24. The Morgan fingerprint density at radius 2 is 1.67 bits per heavy atom. The van der Waals surface area contributed by atoms with E-state index in [2.05, 4.69) is 31.2 Å². The van der Waals surface area contributed by atoms with Gasteiger partial charge in [-0.05, 0) is 50.3 Å². The first-order valence-electron chi connectivity index (χ1n) is 11.3. The predicted molar refractivity (Wildman–Crippen MR) is 121 cm³/mol. The van der Waals surface area contributed by atoms with E-state index < -0.39 is 0 Å². The molecule has 0 bridgehead atoms. The van der Waals surface area contributed by atoms with Crippen LogP contribution in [-0.4, -0.2) is 34.2 Å². The van der Waals surface area contributed by atoms with Crippen molar-refractivity contribution >= 4 is 23.2 Å². The summed E-state index contributed by atoms with van der Waals surface area (Å²) < 4.78 is 0. The monoisotopic (exact) mass is 424 g/mol. The van der Waals surface area contributed by atoms with Gasteiger partial charge in [0, 0.05) is 28.3 Å². The predicted octanol–water partition coefficient (Wildman–Crippen LogP) is 5.16. The van der Waals surface area contributed by atoms with Gasteiger partial charge in [0.2, 0.25) is 11.8 Å². The summed E-state index contributed by atoms with van der Waals surface area (Å²) in [6.07, 6.45) is 7.55. The Bertz CT molecular complexity index is 853. The Kier molecular flexibility index (Phi) is 6.88. The van der Waals surface area contributed by atoms with Gasteiger partial charge in [-0.15, -0.1) is 11.3 Å². The van der Waals surface area contributed by atoms with Gasteiger partial charge < -0.3 is 9.80 Å². The van der Waals surface area contributed by atoms with Crippen molar-refractivity contribution in [2.75, 3.05) is 6.54 Å². The summed E-state index contributed by atoms with van der Waals surface area (Å²) in [4.78, 5) is 32.9. The van der Waals surface area contributed by atoms with Gasteiger partial charge in [0.1, 0.15) is 6.54 Å². The Labute approximate surface area is 183 Å². The van der Waals surface area contributed by atoms with Gasteiger partial charge in [0.15, 0.2) is 0 Å². The molecule has 2 aliphatic carbocycles. The lowest BCUT2D eigenvalue weighted by Gasteiger charge is -2.31. The average Bonchev–Trinajstić information content (AvgIpc) is 3.53. The van der Waals surface area contributed by atoms with Crippen LogP contribution in [0.5, 0.6) is 0 Å². The molecule has 5 heteroatoms. The van der Waals surface area contributed by atoms with E-state index in [0.29, 0.717) is 13.1 Å². The summed E-state index contributed by atoms with van der Waals surface area (Å²) in [6.45, 7) is 3.49. The molecule has 160 valence electrons. The van der Waals surface area contributed by atoms with E-state index in [4.69, 9.17) is 0 Å². The molecule has 1 aromatic heterocycles. The lowest BCUT2D eigenvalue weighted by atomic mass is 9.88. The molecule has 0 radical (unpaired) electrons. The molecule has 2 fully saturated rings. The van der Waals surface area contributed by atoms with Crippen molar-refractivity contribution in [3.05, 3.63) is 57.8 Å². The molecule has 2 aromatic rings. The summed E-state index contributed by atoms with van der Waals surface area (Å²) >= 11 is 1.74. The molecule has 0 saturated heterocycles. The van der Waals surface area contributed by atoms with Crippen LogP contribution in [0.2, 0.25) is 0 Å². The van der Waals surface area contributed by atoms with Gasteiger partial charge in [-0.3, -0.25) is 9.59 Å². The topological polar surface area (TPSA) is 40.6 Å². The Morgan fingerprint density at radius 1 is 0.933 bits per heavy atom. The van der Waals surface area contributed by atoms with Crippen LogP contribution >= 0.6 is 11.3 Å². The van der Waals surface area contributed by atoms with Crippen LogP contribution in [0.3, 0.4) is 0 Å². The van der Waals surface area contributed by atoms with Gasteiger partial charge in [-0.2, -0.15) is 0 Å². The van der Waals surface area contributed by atoms with Crippen LogP contribution in [0.1, 0.15) is 60.3 Å². The van der Waals surface area contributed by atoms with E-state index in [-0.39, 0.29) is 30.3 Å². The van der Waals surface area contributed by atoms with Gasteiger partial charge >= 0.3 is 0 Å². The van der Waals surface area contributed by atoms with E-state index in [1.54, 1.807) is 11.3 Å². The molecule has 30 heavy (non-hydrogen) atoms. The highest BCUT2D eigenvalue weighted by atomic mass is 32.1. The SMILES string of the molecule is Cc1ccc(CN(Cc2ccccc2)C(=O)CN(C(=O)C2CCCCC2)C2CC2)s1. The normalized spacial score (nSPS) is 17.0. The first-order chi connectivity index (χ1) is 14.6. The number of amides is 2. The zero-order valence-electron chi connectivity index (χ0n) is 17.9. The fourth-order valence-corrected chi connectivity index (χ4v) is 5.30. The van der Waals surface area contributed by atoms with Crippen molar-refractivity contribution in [3.63, 3.8) is 0 Å². The van der Waals surface area contributed by atoms with Crippen LogP contribution in [0.15, 0.2) is 42.5 Å². The lowest BCUT2D eigenvalue weighted by molar-refractivity contribution is -0.144. The van der Waals surface area contributed by atoms with E-state index in [1.165, 1.54) is 16.2 Å². The van der Waals surface area contributed by atoms with E-state index in [1.807, 2.05) is 28.0 Å². The maximum atomic E-state index is 13.4. The van der Waals surface area contributed by atoms with Crippen molar-refractivity contribution < 1.29 is 9.59 Å². The highest BCUT2D eigenvalue weighted by Gasteiger charge is 2.37. The fraction of sp³-hybridized carbons (Fsp3) is 0.520. The first kappa shape index (κ1) is 21.1. The Balaban J connectivity index is 1.48. The van der Waals surface area contributed by atoms with Crippen molar-refractivity contribution in [1.29, 1.82) is 0 Å². The molecule has 1 heterocycles. The molecule has 0 N–H and O–H groups in total. The van der Waals surface area contributed by atoms with Crippen molar-refractivity contribution in [2.24, 2.45) is 5.92 Å². The van der Waals surface area contributed by atoms with Gasteiger partial charge in [-0.1, -0.05) is 49.6 Å². The van der Waals surface area contributed by atoms with Crippen molar-refractivity contribution in [2.45, 2.75) is 71.0 Å². The number of rotatable bonds is 8. The Hall–Kier alpha value is -2.14. The smallest absolute Gasteiger partial charge is 0.242 e.